The molecule has 0 bridgehead atoms. The number of carbonyl (C=O) groups excluding carboxylic acids is 1. The zero-order chi connectivity index (χ0) is 21.6. The number of fused-ring (bicyclic) bond motifs is 2. The standard InChI is InChI=1S/C22H17N3O3S3/c1-14-23-20(17-13-18(30-21(17)24-14)15-7-3-2-4-8-15)29-12-11-25-22(26)16-9-5-6-10-19(16)31(25,27)28/h2-10,13H,11-12H2,1H3. The Hall–Kier alpha value is -2.75. The maximum Gasteiger partial charge on any atom is 0.269 e. The SMILES string of the molecule is Cc1nc(SCCN2C(=O)c3ccccc3S2(=O)=O)c2cc(-c3ccccc3)sc2n1. The second-order valence-electron chi connectivity index (χ2n) is 7.00. The second kappa shape index (κ2) is 7.74. The van der Waals surface area contributed by atoms with Gasteiger partial charge in [-0.05, 0) is 30.7 Å². The van der Waals surface area contributed by atoms with Crippen LogP contribution in [-0.4, -0.2) is 40.9 Å². The van der Waals surface area contributed by atoms with Crippen LogP contribution in [0.5, 0.6) is 0 Å². The summed E-state index contributed by atoms with van der Waals surface area (Å²) in [7, 11) is -3.79. The monoisotopic (exact) mass is 467 g/mol. The van der Waals surface area contributed by atoms with Gasteiger partial charge in [0.1, 0.15) is 20.6 Å². The normalized spacial score (nSPS) is 14.9. The molecule has 1 aliphatic rings. The van der Waals surface area contributed by atoms with E-state index in [0.29, 0.717) is 11.6 Å². The first kappa shape index (κ1) is 20.2. The molecule has 0 fully saturated rings. The number of thioether (sulfide) groups is 1. The maximum atomic E-state index is 12.7. The number of sulfonamides is 1. The zero-order valence-corrected chi connectivity index (χ0v) is 18.9. The number of benzene rings is 2. The number of amides is 1. The average Bonchev–Trinajstić information content (AvgIpc) is 3.28. The molecule has 2 aromatic carbocycles. The van der Waals surface area contributed by atoms with Gasteiger partial charge in [0, 0.05) is 22.6 Å². The van der Waals surface area contributed by atoms with Crippen LogP contribution in [0.25, 0.3) is 20.7 Å². The summed E-state index contributed by atoms with van der Waals surface area (Å²) in [6.45, 7) is 1.93. The van der Waals surface area contributed by atoms with Crippen molar-refractivity contribution in [3.8, 4) is 10.4 Å². The number of aryl methyl sites for hydroxylation is 1. The van der Waals surface area contributed by atoms with Gasteiger partial charge in [0.25, 0.3) is 15.9 Å². The van der Waals surface area contributed by atoms with E-state index in [0.717, 1.165) is 30.0 Å². The molecule has 3 heterocycles. The highest BCUT2D eigenvalue weighted by atomic mass is 32.2. The van der Waals surface area contributed by atoms with Gasteiger partial charge in [-0.2, -0.15) is 0 Å². The number of aromatic nitrogens is 2. The van der Waals surface area contributed by atoms with Crippen molar-refractivity contribution in [2.24, 2.45) is 0 Å². The van der Waals surface area contributed by atoms with Gasteiger partial charge in [0.2, 0.25) is 0 Å². The van der Waals surface area contributed by atoms with E-state index in [4.69, 9.17) is 0 Å². The zero-order valence-electron chi connectivity index (χ0n) is 16.5. The molecule has 0 spiro atoms. The van der Waals surface area contributed by atoms with Crippen LogP contribution in [0.4, 0.5) is 0 Å². The van der Waals surface area contributed by atoms with Crippen molar-refractivity contribution in [3.05, 3.63) is 72.1 Å². The number of hydrogen-bond acceptors (Lipinski definition) is 7. The molecule has 0 atom stereocenters. The van der Waals surface area contributed by atoms with E-state index >= 15 is 0 Å². The molecule has 5 rings (SSSR count). The summed E-state index contributed by atoms with van der Waals surface area (Å²) < 4.78 is 26.4. The van der Waals surface area contributed by atoms with Crippen LogP contribution in [-0.2, 0) is 10.0 Å². The van der Waals surface area contributed by atoms with Gasteiger partial charge in [-0.15, -0.1) is 23.1 Å². The third-order valence-electron chi connectivity index (χ3n) is 4.97. The number of nitrogens with zero attached hydrogens (tertiary/aromatic N) is 3. The third-order valence-corrected chi connectivity index (χ3v) is 8.86. The first-order valence-corrected chi connectivity index (χ1v) is 12.8. The molecule has 31 heavy (non-hydrogen) atoms. The molecule has 0 unspecified atom stereocenters. The lowest BCUT2D eigenvalue weighted by Crippen LogP contribution is -2.32. The summed E-state index contributed by atoms with van der Waals surface area (Å²) in [6.07, 6.45) is 0. The van der Waals surface area contributed by atoms with Crippen molar-refractivity contribution in [1.82, 2.24) is 14.3 Å². The Morgan fingerprint density at radius 2 is 1.77 bits per heavy atom. The van der Waals surface area contributed by atoms with Crippen LogP contribution < -0.4 is 0 Å². The number of thiophene rings is 1. The van der Waals surface area contributed by atoms with E-state index in [1.165, 1.54) is 17.8 Å². The molecule has 0 radical (unpaired) electrons. The lowest BCUT2D eigenvalue weighted by atomic mass is 10.2. The first-order chi connectivity index (χ1) is 14.9. The van der Waals surface area contributed by atoms with E-state index in [2.05, 4.69) is 28.2 Å². The Bertz CT molecular complexity index is 1420. The lowest BCUT2D eigenvalue weighted by molar-refractivity contribution is 0.0876. The fourth-order valence-corrected chi connectivity index (χ4v) is 7.34. The minimum Gasteiger partial charge on any atom is -0.268 e. The lowest BCUT2D eigenvalue weighted by Gasteiger charge is -2.14. The van der Waals surface area contributed by atoms with E-state index in [1.807, 2.05) is 25.1 Å². The van der Waals surface area contributed by atoms with Crippen LogP contribution in [0.3, 0.4) is 0 Å². The third kappa shape index (κ3) is 3.52. The van der Waals surface area contributed by atoms with Gasteiger partial charge in [-0.1, -0.05) is 42.5 Å². The summed E-state index contributed by atoms with van der Waals surface area (Å²) in [5.41, 5.74) is 1.35. The quantitative estimate of drug-likeness (QED) is 0.315. The summed E-state index contributed by atoms with van der Waals surface area (Å²) in [6, 6.07) is 18.5. The molecule has 0 saturated heterocycles. The van der Waals surface area contributed by atoms with Crippen LogP contribution in [0.1, 0.15) is 16.2 Å². The molecule has 2 aromatic heterocycles. The fraction of sp³-hybridized carbons (Fsp3) is 0.136. The largest absolute Gasteiger partial charge is 0.269 e. The first-order valence-electron chi connectivity index (χ1n) is 9.57. The van der Waals surface area contributed by atoms with Crippen LogP contribution >= 0.6 is 23.1 Å². The van der Waals surface area contributed by atoms with Gasteiger partial charge < -0.3 is 0 Å². The number of rotatable bonds is 5. The molecule has 6 nitrogen and oxygen atoms in total. The van der Waals surface area contributed by atoms with E-state index in [1.54, 1.807) is 29.5 Å². The average molecular weight is 468 g/mol. The van der Waals surface area contributed by atoms with Crippen molar-refractivity contribution in [2.75, 3.05) is 12.3 Å². The van der Waals surface area contributed by atoms with Crippen molar-refractivity contribution in [2.45, 2.75) is 16.8 Å². The topological polar surface area (TPSA) is 80.2 Å². The van der Waals surface area contributed by atoms with Gasteiger partial charge in [-0.3, -0.25) is 4.79 Å². The van der Waals surface area contributed by atoms with Crippen LogP contribution in [0.15, 0.2) is 70.6 Å². The second-order valence-corrected chi connectivity index (χ2v) is 10.9. The van der Waals surface area contributed by atoms with E-state index < -0.39 is 15.9 Å². The van der Waals surface area contributed by atoms with Crippen molar-refractivity contribution < 1.29 is 13.2 Å². The Morgan fingerprint density at radius 1 is 1.03 bits per heavy atom. The summed E-state index contributed by atoms with van der Waals surface area (Å²) >= 11 is 3.04. The van der Waals surface area contributed by atoms with Crippen molar-refractivity contribution in [1.29, 1.82) is 0 Å². The highest BCUT2D eigenvalue weighted by Crippen LogP contribution is 2.37. The van der Waals surface area contributed by atoms with E-state index in [9.17, 15) is 13.2 Å². The maximum absolute atomic E-state index is 12.7. The summed E-state index contributed by atoms with van der Waals surface area (Å²) in [5, 5.41) is 1.74. The smallest absolute Gasteiger partial charge is 0.268 e. The predicted molar refractivity (Wildman–Crippen MR) is 123 cm³/mol. The molecule has 156 valence electrons. The van der Waals surface area contributed by atoms with Crippen LogP contribution in [0.2, 0.25) is 0 Å². The minimum atomic E-state index is -3.79. The Labute approximate surface area is 188 Å². The number of hydrogen-bond donors (Lipinski definition) is 0. The van der Waals surface area contributed by atoms with Crippen molar-refractivity contribution >= 4 is 49.2 Å². The van der Waals surface area contributed by atoms with Gasteiger partial charge in [0.05, 0.1) is 5.56 Å². The Kier molecular flexibility index (Phi) is 5.04. The Balaban J connectivity index is 1.39. The van der Waals surface area contributed by atoms with Gasteiger partial charge >= 0.3 is 0 Å². The molecule has 4 aromatic rings. The van der Waals surface area contributed by atoms with Crippen molar-refractivity contribution in [3.63, 3.8) is 0 Å². The number of carbonyl (C=O) groups is 1. The molecular formula is C22H17N3O3S3. The molecule has 9 heteroatoms. The Morgan fingerprint density at radius 3 is 2.55 bits per heavy atom. The highest BCUT2D eigenvalue weighted by molar-refractivity contribution is 7.99. The predicted octanol–water partition coefficient (Wildman–Crippen LogP) is 4.60. The molecule has 0 saturated carbocycles. The molecule has 0 aliphatic carbocycles. The fourth-order valence-electron chi connectivity index (χ4n) is 3.53. The van der Waals surface area contributed by atoms with Gasteiger partial charge in [0.15, 0.2) is 0 Å². The molecule has 1 aliphatic heterocycles. The van der Waals surface area contributed by atoms with Crippen LogP contribution in [0, 0.1) is 6.92 Å². The highest BCUT2D eigenvalue weighted by Gasteiger charge is 2.40. The van der Waals surface area contributed by atoms with E-state index in [-0.39, 0.29) is 17.0 Å². The minimum absolute atomic E-state index is 0.0793. The van der Waals surface area contributed by atoms with Gasteiger partial charge in [-0.25, -0.2) is 22.7 Å². The molecule has 1 amide bonds. The summed E-state index contributed by atoms with van der Waals surface area (Å²) in [5.74, 6) is 0.594. The molecular weight excluding hydrogens is 450 g/mol. The summed E-state index contributed by atoms with van der Waals surface area (Å²) in [4.78, 5) is 23.8. The molecule has 0 N–H and O–H groups in total.